The Hall–Kier alpha value is -2.95. The Balaban J connectivity index is 2.32. The molecule has 0 aliphatic carbocycles. The molecule has 0 radical (unpaired) electrons. The second-order valence-electron chi connectivity index (χ2n) is 4.58. The summed E-state index contributed by atoms with van der Waals surface area (Å²) in [6.45, 7) is 0. The normalized spacial score (nSPS) is 10.5. The highest BCUT2D eigenvalue weighted by Crippen LogP contribution is 2.41. The van der Waals surface area contributed by atoms with Crippen LogP contribution in [0.2, 0.25) is 0 Å². The van der Waals surface area contributed by atoms with Crippen molar-refractivity contribution in [3.8, 4) is 17.3 Å². The van der Waals surface area contributed by atoms with Gasteiger partial charge in [-0.15, -0.1) is 0 Å². The molecule has 5 nitrogen and oxygen atoms in total. The monoisotopic (exact) mass is 297 g/mol. The fourth-order valence-corrected chi connectivity index (χ4v) is 2.43. The number of hydrogen-bond acceptors (Lipinski definition) is 4. The van der Waals surface area contributed by atoms with Gasteiger partial charge in [-0.2, -0.15) is 0 Å². The summed E-state index contributed by atoms with van der Waals surface area (Å²) in [5.74, 6) is 0.784. The van der Waals surface area contributed by atoms with Crippen molar-refractivity contribution in [3.05, 3.63) is 54.6 Å². The van der Waals surface area contributed by atoms with Gasteiger partial charge in [0, 0.05) is 11.1 Å². The van der Waals surface area contributed by atoms with E-state index in [2.05, 4.69) is 4.74 Å². The van der Waals surface area contributed by atoms with Gasteiger partial charge in [0.05, 0.1) is 19.7 Å². The maximum atomic E-state index is 11.6. The highest BCUT2D eigenvalue weighted by atomic mass is 16.7. The van der Waals surface area contributed by atoms with Crippen molar-refractivity contribution in [2.45, 2.75) is 0 Å². The summed E-state index contributed by atoms with van der Waals surface area (Å²) < 4.78 is 17.2. The van der Waals surface area contributed by atoms with E-state index in [0.717, 1.165) is 16.6 Å². The summed E-state index contributed by atoms with van der Waals surface area (Å²) in [5, 5.41) is 0.854. The molecule has 0 spiro atoms. The average Bonchev–Trinajstić information content (AvgIpc) is 2.88. The SMILES string of the molecule is COC(=O)Oc1c(OC)c2ccccc2n1-c1ccccc1. The number of aromatic nitrogens is 1. The van der Waals surface area contributed by atoms with Gasteiger partial charge in [0.2, 0.25) is 0 Å². The Labute approximate surface area is 127 Å². The molecule has 0 saturated heterocycles. The van der Waals surface area contributed by atoms with Crippen LogP contribution >= 0.6 is 0 Å². The van der Waals surface area contributed by atoms with E-state index >= 15 is 0 Å². The molecule has 3 aromatic rings. The predicted octanol–water partition coefficient (Wildman–Crippen LogP) is 3.78. The van der Waals surface area contributed by atoms with Gasteiger partial charge in [-0.25, -0.2) is 4.79 Å². The molecule has 0 saturated carbocycles. The number of carbonyl (C=O) groups is 1. The third kappa shape index (κ3) is 2.26. The number of benzene rings is 2. The first kappa shape index (κ1) is 14.0. The maximum absolute atomic E-state index is 11.6. The van der Waals surface area contributed by atoms with Crippen LogP contribution in [0.25, 0.3) is 16.6 Å². The summed E-state index contributed by atoms with van der Waals surface area (Å²) in [7, 11) is 2.81. The number of ether oxygens (including phenoxy) is 3. The van der Waals surface area contributed by atoms with E-state index in [9.17, 15) is 4.79 Å². The van der Waals surface area contributed by atoms with Crippen LogP contribution in [0.3, 0.4) is 0 Å². The second kappa shape index (κ2) is 5.81. The topological polar surface area (TPSA) is 49.7 Å². The summed E-state index contributed by atoms with van der Waals surface area (Å²) >= 11 is 0. The van der Waals surface area contributed by atoms with Crippen molar-refractivity contribution < 1.29 is 19.0 Å². The highest BCUT2D eigenvalue weighted by Gasteiger charge is 2.22. The molecule has 0 amide bonds. The van der Waals surface area contributed by atoms with Crippen LogP contribution in [0.15, 0.2) is 54.6 Å². The molecule has 5 heteroatoms. The van der Waals surface area contributed by atoms with E-state index < -0.39 is 6.16 Å². The molecule has 0 unspecified atom stereocenters. The fraction of sp³-hybridized carbons (Fsp3) is 0.118. The Morgan fingerprint density at radius 3 is 2.32 bits per heavy atom. The molecule has 0 aliphatic heterocycles. The zero-order valence-corrected chi connectivity index (χ0v) is 12.3. The van der Waals surface area contributed by atoms with Crippen LogP contribution in [-0.4, -0.2) is 24.9 Å². The average molecular weight is 297 g/mol. The Bertz CT molecular complexity index is 808. The van der Waals surface area contributed by atoms with E-state index in [4.69, 9.17) is 9.47 Å². The molecule has 1 heterocycles. The van der Waals surface area contributed by atoms with Crippen LogP contribution in [-0.2, 0) is 4.74 Å². The Morgan fingerprint density at radius 1 is 0.955 bits per heavy atom. The van der Waals surface area contributed by atoms with Gasteiger partial charge in [0.15, 0.2) is 5.75 Å². The number of carbonyl (C=O) groups excluding carboxylic acids is 1. The largest absolute Gasteiger partial charge is 0.514 e. The van der Waals surface area contributed by atoms with E-state index in [1.165, 1.54) is 7.11 Å². The Morgan fingerprint density at radius 2 is 1.64 bits per heavy atom. The minimum atomic E-state index is -0.793. The summed E-state index contributed by atoms with van der Waals surface area (Å²) in [5.41, 5.74) is 1.74. The van der Waals surface area contributed by atoms with Crippen LogP contribution in [0, 0.1) is 0 Å². The summed E-state index contributed by atoms with van der Waals surface area (Å²) in [4.78, 5) is 11.6. The van der Waals surface area contributed by atoms with Crippen LogP contribution < -0.4 is 9.47 Å². The zero-order chi connectivity index (χ0) is 15.5. The zero-order valence-electron chi connectivity index (χ0n) is 12.3. The van der Waals surface area contributed by atoms with E-state index in [-0.39, 0.29) is 0 Å². The minimum absolute atomic E-state index is 0.293. The molecule has 2 aromatic carbocycles. The molecular formula is C17H15NO4. The molecule has 0 fully saturated rings. The van der Waals surface area contributed by atoms with Gasteiger partial charge < -0.3 is 14.2 Å². The van der Waals surface area contributed by atoms with Crippen molar-refractivity contribution in [1.29, 1.82) is 0 Å². The van der Waals surface area contributed by atoms with Crippen molar-refractivity contribution >= 4 is 17.1 Å². The number of nitrogens with zero attached hydrogens (tertiary/aromatic N) is 1. The van der Waals surface area contributed by atoms with Crippen molar-refractivity contribution in [2.75, 3.05) is 14.2 Å². The molecule has 112 valence electrons. The fourth-order valence-electron chi connectivity index (χ4n) is 2.43. The van der Waals surface area contributed by atoms with Gasteiger partial charge in [-0.1, -0.05) is 30.3 Å². The number of rotatable bonds is 3. The van der Waals surface area contributed by atoms with Gasteiger partial charge in [-0.05, 0) is 24.3 Å². The first-order valence-corrected chi connectivity index (χ1v) is 6.75. The van der Waals surface area contributed by atoms with E-state index in [1.807, 2.05) is 59.2 Å². The molecule has 1 aromatic heterocycles. The molecule has 0 bridgehead atoms. The van der Waals surface area contributed by atoms with Crippen LogP contribution in [0.1, 0.15) is 0 Å². The van der Waals surface area contributed by atoms with E-state index in [0.29, 0.717) is 11.6 Å². The molecule has 0 atom stereocenters. The van der Waals surface area contributed by atoms with E-state index in [1.54, 1.807) is 7.11 Å². The third-order valence-electron chi connectivity index (χ3n) is 3.35. The molecule has 3 rings (SSSR count). The molecule has 22 heavy (non-hydrogen) atoms. The summed E-state index contributed by atoms with van der Waals surface area (Å²) in [6, 6.07) is 17.3. The lowest BCUT2D eigenvalue weighted by molar-refractivity contribution is 0.117. The van der Waals surface area contributed by atoms with Crippen molar-refractivity contribution in [3.63, 3.8) is 0 Å². The van der Waals surface area contributed by atoms with Gasteiger partial charge in [0.25, 0.3) is 5.88 Å². The quantitative estimate of drug-likeness (QED) is 0.690. The standard InChI is InChI=1S/C17H15NO4/c1-20-15-13-10-6-7-11-14(13)18(12-8-4-3-5-9-12)16(15)22-17(19)21-2/h3-11H,1-2H3. The highest BCUT2D eigenvalue weighted by molar-refractivity contribution is 5.92. The second-order valence-corrected chi connectivity index (χ2v) is 4.58. The van der Waals surface area contributed by atoms with Gasteiger partial charge in [-0.3, -0.25) is 4.57 Å². The summed E-state index contributed by atoms with van der Waals surface area (Å²) in [6.07, 6.45) is -0.793. The van der Waals surface area contributed by atoms with Gasteiger partial charge >= 0.3 is 6.16 Å². The third-order valence-corrected chi connectivity index (χ3v) is 3.35. The number of fused-ring (bicyclic) bond motifs is 1. The molecular weight excluding hydrogens is 282 g/mol. The smallest absolute Gasteiger partial charge is 0.491 e. The van der Waals surface area contributed by atoms with Crippen LogP contribution in [0.5, 0.6) is 11.6 Å². The van der Waals surface area contributed by atoms with Crippen LogP contribution in [0.4, 0.5) is 4.79 Å². The number of hydrogen-bond donors (Lipinski definition) is 0. The maximum Gasteiger partial charge on any atom is 0.514 e. The lowest BCUT2D eigenvalue weighted by Gasteiger charge is -2.10. The predicted molar refractivity (Wildman–Crippen MR) is 82.9 cm³/mol. The first-order valence-electron chi connectivity index (χ1n) is 6.75. The lowest BCUT2D eigenvalue weighted by atomic mass is 10.2. The minimum Gasteiger partial charge on any atom is -0.491 e. The number of methoxy groups -OCH3 is 2. The molecule has 0 aliphatic rings. The van der Waals surface area contributed by atoms with Gasteiger partial charge in [0.1, 0.15) is 0 Å². The lowest BCUT2D eigenvalue weighted by Crippen LogP contribution is -2.11. The van der Waals surface area contributed by atoms with Crippen molar-refractivity contribution in [1.82, 2.24) is 4.57 Å². The van der Waals surface area contributed by atoms with Crippen molar-refractivity contribution in [2.24, 2.45) is 0 Å². The Kier molecular flexibility index (Phi) is 3.70. The molecule has 0 N–H and O–H groups in total. The number of para-hydroxylation sites is 2. The first-order chi connectivity index (χ1) is 10.8.